The molecular weight excluding hydrogens is 628 g/mol. The molecule has 1 heterocycles. The first-order valence-corrected chi connectivity index (χ1v) is 20.7. The van der Waals surface area contributed by atoms with E-state index in [-0.39, 0.29) is 47.3 Å². The quantitative estimate of drug-likeness (QED) is 0.0943. The highest BCUT2D eigenvalue weighted by Crippen LogP contribution is 2.69. The van der Waals surface area contributed by atoms with Crippen LogP contribution in [0.5, 0.6) is 0 Å². The van der Waals surface area contributed by atoms with E-state index in [9.17, 15) is 19.5 Å². The third-order valence-electron chi connectivity index (χ3n) is 13.6. The van der Waals surface area contributed by atoms with Crippen molar-refractivity contribution in [3.8, 4) is 0 Å². The summed E-state index contributed by atoms with van der Waals surface area (Å²) < 4.78 is 18.9. The lowest BCUT2D eigenvalue weighted by Gasteiger charge is -2.59. The maximum Gasteiger partial charge on any atom is 0.306 e. The largest absolute Gasteiger partial charge is 0.458 e. The summed E-state index contributed by atoms with van der Waals surface area (Å²) in [6.45, 7) is 8.29. The van der Waals surface area contributed by atoms with Crippen molar-refractivity contribution in [2.45, 2.75) is 193 Å². The summed E-state index contributed by atoms with van der Waals surface area (Å²) in [5.41, 5.74) is -1.20. The Bertz CT molecular complexity index is 1220. The first-order valence-electron chi connectivity index (χ1n) is 20.7. The molecule has 4 fully saturated rings. The molecule has 0 aromatic rings. The minimum absolute atomic E-state index is 0.0175. The highest BCUT2D eigenvalue weighted by Gasteiger charge is 2.75. The van der Waals surface area contributed by atoms with E-state index in [1.165, 1.54) is 77.0 Å². The Hall–Kier alpha value is -1.83. The lowest BCUT2D eigenvalue weighted by molar-refractivity contribution is -0.201. The number of allylic oxidation sites excluding steroid dienone is 4. The van der Waals surface area contributed by atoms with Crippen LogP contribution in [-0.2, 0) is 28.6 Å². The van der Waals surface area contributed by atoms with E-state index in [2.05, 4.69) is 27.7 Å². The predicted molar refractivity (Wildman–Crippen MR) is 196 cm³/mol. The molecule has 3 saturated carbocycles. The Labute approximate surface area is 302 Å². The molecular formula is C43H68O7. The summed E-state index contributed by atoms with van der Waals surface area (Å²) in [5, 5.41) is 11.9. The van der Waals surface area contributed by atoms with Crippen LogP contribution in [-0.4, -0.2) is 53.3 Å². The van der Waals surface area contributed by atoms with E-state index < -0.39 is 29.5 Å². The summed E-state index contributed by atoms with van der Waals surface area (Å²) >= 11 is 0. The highest BCUT2D eigenvalue weighted by molar-refractivity contribution is 6.01. The van der Waals surface area contributed by atoms with E-state index in [4.69, 9.17) is 14.2 Å². The number of carbonyl (C=O) groups excluding carboxylic acids is 3. The van der Waals surface area contributed by atoms with Crippen molar-refractivity contribution in [2.24, 2.45) is 28.6 Å². The second-order valence-electron chi connectivity index (χ2n) is 16.9. The maximum absolute atomic E-state index is 14.3. The molecule has 1 aliphatic heterocycles. The molecule has 50 heavy (non-hydrogen) atoms. The van der Waals surface area contributed by atoms with Crippen LogP contribution < -0.4 is 0 Å². The van der Waals surface area contributed by atoms with Gasteiger partial charge in [0.15, 0.2) is 24.3 Å². The van der Waals surface area contributed by atoms with Crippen LogP contribution in [0.25, 0.3) is 0 Å². The van der Waals surface area contributed by atoms with E-state index >= 15 is 0 Å². The van der Waals surface area contributed by atoms with E-state index in [1.807, 2.05) is 6.08 Å². The molecule has 5 rings (SSSR count). The summed E-state index contributed by atoms with van der Waals surface area (Å²) in [7, 11) is 0. The van der Waals surface area contributed by atoms with Crippen molar-refractivity contribution >= 4 is 17.5 Å². The first kappa shape index (κ1) is 39.4. The monoisotopic (exact) mass is 696 g/mol. The highest BCUT2D eigenvalue weighted by atomic mass is 16.7. The molecule has 0 radical (unpaired) electrons. The van der Waals surface area contributed by atoms with Gasteiger partial charge in [0.1, 0.15) is 0 Å². The molecule has 0 amide bonds. The zero-order valence-electron chi connectivity index (χ0n) is 31.9. The normalized spacial score (nSPS) is 35.6. The Kier molecular flexibility index (Phi) is 14.0. The molecule has 7 nitrogen and oxygen atoms in total. The number of aliphatic hydroxyl groups is 1. The predicted octanol–water partition coefficient (Wildman–Crippen LogP) is 9.53. The number of aliphatic hydroxyl groups excluding tert-OH is 1. The van der Waals surface area contributed by atoms with Crippen molar-refractivity contribution in [3.05, 3.63) is 23.8 Å². The summed E-state index contributed by atoms with van der Waals surface area (Å²) in [4.78, 5) is 39.4. The molecule has 1 saturated heterocycles. The van der Waals surface area contributed by atoms with Crippen LogP contribution >= 0.6 is 0 Å². The van der Waals surface area contributed by atoms with Gasteiger partial charge < -0.3 is 19.3 Å². The molecule has 1 N–H and O–H groups in total. The van der Waals surface area contributed by atoms with Crippen LogP contribution in [0, 0.1) is 28.6 Å². The van der Waals surface area contributed by atoms with Crippen molar-refractivity contribution in [2.75, 3.05) is 6.61 Å². The molecule has 9 atom stereocenters. The molecule has 4 aliphatic carbocycles. The lowest BCUT2D eigenvalue weighted by atomic mass is 9.46. The third kappa shape index (κ3) is 8.20. The number of fused-ring (bicyclic) bond motifs is 7. The van der Waals surface area contributed by atoms with Crippen LogP contribution in [0.2, 0.25) is 0 Å². The molecule has 7 heteroatoms. The fraction of sp³-hybridized carbons (Fsp3) is 0.837. The topological polar surface area (TPSA) is 99.1 Å². The SMILES string of the molecule is CCCCCCCCCCCCCCCCCC(=O)OCC(=O)[C@@]12OC(CCC)O[C@@H]1C[C@H]1[C@@H]3CCC4=CC(=O)C=C[C@]4(C)[C@H]3[C@@H](O)C[C@@]12C. The minimum Gasteiger partial charge on any atom is -0.458 e. The van der Waals surface area contributed by atoms with Crippen LogP contribution in [0.1, 0.15) is 169 Å². The van der Waals surface area contributed by atoms with Gasteiger partial charge in [-0.3, -0.25) is 14.4 Å². The average Bonchev–Trinajstić information content (AvgIpc) is 3.57. The minimum atomic E-state index is -1.26. The van der Waals surface area contributed by atoms with Gasteiger partial charge in [-0.2, -0.15) is 0 Å². The van der Waals surface area contributed by atoms with Gasteiger partial charge in [-0.1, -0.05) is 136 Å². The number of hydrogen-bond acceptors (Lipinski definition) is 7. The number of hydrogen-bond donors (Lipinski definition) is 1. The number of carbonyl (C=O) groups is 3. The number of Topliss-reactive ketones (excluding diaryl/α,β-unsaturated/α-hetero) is 1. The van der Waals surface area contributed by atoms with Crippen molar-refractivity contribution < 1.29 is 33.7 Å². The van der Waals surface area contributed by atoms with Gasteiger partial charge in [-0.25, -0.2) is 0 Å². The van der Waals surface area contributed by atoms with E-state index in [0.29, 0.717) is 25.7 Å². The zero-order valence-corrected chi connectivity index (χ0v) is 31.9. The van der Waals surface area contributed by atoms with Gasteiger partial charge in [0.25, 0.3) is 0 Å². The van der Waals surface area contributed by atoms with Crippen molar-refractivity contribution in [3.63, 3.8) is 0 Å². The maximum atomic E-state index is 14.3. The van der Waals surface area contributed by atoms with Crippen molar-refractivity contribution in [1.82, 2.24) is 0 Å². The number of ketones is 2. The van der Waals surface area contributed by atoms with Crippen LogP contribution in [0.15, 0.2) is 23.8 Å². The van der Waals surface area contributed by atoms with Gasteiger partial charge in [0, 0.05) is 23.2 Å². The molecule has 1 unspecified atom stereocenters. The average molecular weight is 697 g/mol. The Balaban J connectivity index is 1.09. The summed E-state index contributed by atoms with van der Waals surface area (Å²) in [6, 6.07) is 0. The van der Waals surface area contributed by atoms with Gasteiger partial charge >= 0.3 is 5.97 Å². The smallest absolute Gasteiger partial charge is 0.306 e. The fourth-order valence-electron chi connectivity index (χ4n) is 11.0. The molecule has 282 valence electrons. The van der Waals surface area contributed by atoms with Gasteiger partial charge in [-0.05, 0) is 62.5 Å². The number of rotatable bonds is 21. The summed E-state index contributed by atoms with van der Waals surface area (Å²) in [6.07, 6.45) is 27.5. The van der Waals surface area contributed by atoms with Gasteiger partial charge in [-0.15, -0.1) is 0 Å². The standard InChI is InChI=1S/C43H68O7/c1-5-7-8-9-10-11-12-13-14-15-16-17-18-19-20-22-38(47)48-30-36(46)43-37(49-39(50-43)21-6-2)28-34-33-24-23-31-27-32(44)25-26-41(31,3)40(33)35(45)29-42(34,43)4/h25-27,33-35,37,39-40,45H,5-24,28-30H2,1-4H3/t33-,34-,35-,37+,39?,40+,41-,42-,43+/m0/s1. The van der Waals surface area contributed by atoms with E-state index in [0.717, 1.165) is 44.1 Å². The Morgan fingerprint density at radius 2 is 1.52 bits per heavy atom. The van der Waals surface area contributed by atoms with Crippen LogP contribution in [0.4, 0.5) is 0 Å². The Morgan fingerprint density at radius 1 is 0.900 bits per heavy atom. The molecule has 0 spiro atoms. The fourth-order valence-corrected chi connectivity index (χ4v) is 11.0. The molecule has 0 bridgehead atoms. The van der Waals surface area contributed by atoms with Crippen molar-refractivity contribution in [1.29, 1.82) is 0 Å². The second kappa shape index (κ2) is 17.8. The van der Waals surface area contributed by atoms with E-state index in [1.54, 1.807) is 12.2 Å². The third-order valence-corrected chi connectivity index (χ3v) is 13.6. The molecule has 0 aromatic carbocycles. The van der Waals surface area contributed by atoms with Gasteiger partial charge in [0.05, 0.1) is 12.2 Å². The number of ether oxygens (including phenoxy) is 3. The van der Waals surface area contributed by atoms with Crippen LogP contribution in [0.3, 0.4) is 0 Å². The Morgan fingerprint density at radius 3 is 2.14 bits per heavy atom. The molecule has 5 aliphatic rings. The van der Waals surface area contributed by atoms with Gasteiger partial charge in [0.2, 0.25) is 5.78 Å². The zero-order chi connectivity index (χ0) is 35.8. The number of unbranched alkanes of at least 4 members (excludes halogenated alkanes) is 14. The number of esters is 1. The lowest BCUT2D eigenvalue weighted by Crippen LogP contribution is -2.63. The second-order valence-corrected chi connectivity index (χ2v) is 16.9. The first-order chi connectivity index (χ1) is 24.1. The summed E-state index contributed by atoms with van der Waals surface area (Å²) in [5.74, 6) is -0.325. The molecule has 0 aromatic heterocycles.